The molecule has 1 fully saturated rings. The van der Waals surface area contributed by atoms with Crippen LogP contribution in [0.1, 0.15) is 42.9 Å². The fourth-order valence-electron chi connectivity index (χ4n) is 4.94. The number of hydrogen-bond donors (Lipinski definition) is 1. The van der Waals surface area contributed by atoms with E-state index < -0.39 is 12.0 Å². The summed E-state index contributed by atoms with van der Waals surface area (Å²) in [6.07, 6.45) is 1.49. The van der Waals surface area contributed by atoms with Gasteiger partial charge < -0.3 is 24.1 Å². The number of nitrogens with one attached hydrogen (secondary N) is 1. The number of methoxy groups -OCH3 is 1. The summed E-state index contributed by atoms with van der Waals surface area (Å²) in [5, 5.41) is 2.98. The van der Waals surface area contributed by atoms with Crippen LogP contribution in [0.3, 0.4) is 0 Å². The number of nitrogens with zero attached hydrogens (tertiary/aromatic N) is 3. The van der Waals surface area contributed by atoms with E-state index in [4.69, 9.17) is 13.9 Å². The summed E-state index contributed by atoms with van der Waals surface area (Å²) in [5.41, 5.74) is 1.78. The molecule has 0 radical (unpaired) electrons. The maximum atomic E-state index is 13.3. The van der Waals surface area contributed by atoms with Crippen molar-refractivity contribution >= 4 is 17.9 Å². The second-order valence-corrected chi connectivity index (χ2v) is 9.04. The topological polar surface area (TPSA) is 105 Å². The lowest BCUT2D eigenvalue weighted by atomic mass is 9.94. The van der Waals surface area contributed by atoms with Crippen molar-refractivity contribution in [3.63, 3.8) is 0 Å². The molecule has 1 aromatic carbocycles. The number of hydrogen-bond acceptors (Lipinski definition) is 7. The normalized spacial score (nSPS) is 20.6. The zero-order valence-corrected chi connectivity index (χ0v) is 21.7. The molecular formula is C27H34N4O6. The summed E-state index contributed by atoms with van der Waals surface area (Å²) < 4.78 is 16.0. The number of urea groups is 1. The number of furan rings is 1. The minimum absolute atomic E-state index is 0.0807. The van der Waals surface area contributed by atoms with E-state index in [0.29, 0.717) is 55.5 Å². The number of carbonyl (C=O) groups is 3. The van der Waals surface area contributed by atoms with E-state index in [2.05, 4.69) is 10.2 Å². The number of rotatable bonds is 8. The van der Waals surface area contributed by atoms with Crippen LogP contribution < -0.4 is 10.1 Å². The lowest BCUT2D eigenvalue weighted by Crippen LogP contribution is -2.56. The fraction of sp³-hybridized carbons (Fsp3) is 0.444. The van der Waals surface area contributed by atoms with Gasteiger partial charge in [0.25, 0.3) is 5.91 Å². The van der Waals surface area contributed by atoms with Gasteiger partial charge in [-0.3, -0.25) is 14.6 Å². The number of esters is 1. The van der Waals surface area contributed by atoms with Crippen LogP contribution in [-0.4, -0.2) is 85.1 Å². The van der Waals surface area contributed by atoms with Crippen molar-refractivity contribution in [2.45, 2.75) is 32.9 Å². The molecule has 3 heterocycles. The Labute approximate surface area is 216 Å². The maximum absolute atomic E-state index is 13.3. The average molecular weight is 511 g/mol. The van der Waals surface area contributed by atoms with Crippen LogP contribution in [0.2, 0.25) is 0 Å². The molecule has 4 rings (SSSR count). The smallest absolute Gasteiger partial charge is 0.338 e. The number of carbonyl (C=O) groups excluding carboxylic acids is 3. The SMILES string of the molecule is CCOC(=O)C1=C(CN2CCN(C(=O)c3ccco3)[C@H](C)C2)N(CC)C(=O)N[C@H]1c1ccc(OC)cc1. The number of amides is 3. The van der Waals surface area contributed by atoms with E-state index in [-0.39, 0.29) is 24.6 Å². The molecule has 1 saturated heterocycles. The molecule has 10 nitrogen and oxygen atoms in total. The minimum Gasteiger partial charge on any atom is -0.497 e. The lowest BCUT2D eigenvalue weighted by molar-refractivity contribution is -0.139. The van der Waals surface area contributed by atoms with E-state index in [0.717, 1.165) is 5.56 Å². The van der Waals surface area contributed by atoms with Crippen LogP contribution in [0.5, 0.6) is 5.75 Å². The maximum Gasteiger partial charge on any atom is 0.338 e. The molecule has 1 aromatic heterocycles. The Morgan fingerprint density at radius 3 is 2.49 bits per heavy atom. The minimum atomic E-state index is -0.658. The Morgan fingerprint density at radius 2 is 1.89 bits per heavy atom. The molecule has 2 atom stereocenters. The Morgan fingerprint density at radius 1 is 1.14 bits per heavy atom. The third-order valence-electron chi connectivity index (χ3n) is 6.78. The largest absolute Gasteiger partial charge is 0.497 e. The van der Waals surface area contributed by atoms with Crippen molar-refractivity contribution in [3.05, 3.63) is 65.3 Å². The van der Waals surface area contributed by atoms with Crippen LogP contribution in [0.15, 0.2) is 58.3 Å². The van der Waals surface area contributed by atoms with E-state index in [9.17, 15) is 14.4 Å². The number of benzene rings is 1. The summed E-state index contributed by atoms with van der Waals surface area (Å²) >= 11 is 0. The molecular weight excluding hydrogens is 476 g/mol. The monoisotopic (exact) mass is 510 g/mol. The lowest BCUT2D eigenvalue weighted by Gasteiger charge is -2.42. The molecule has 198 valence electrons. The number of ether oxygens (including phenoxy) is 2. The first-order chi connectivity index (χ1) is 17.9. The standard InChI is InChI=1S/C27H34N4O6/c1-5-30-21(17-29-13-14-31(18(3)16-29)25(32)22-8-7-15-37-22)23(26(33)36-6-2)24(28-27(30)34)19-9-11-20(35-4)12-10-19/h7-12,15,18,24H,5-6,13-14,16-17H2,1-4H3,(H,28,34)/t18-,24+/m1/s1. The highest BCUT2D eigenvalue weighted by Gasteiger charge is 2.39. The Balaban J connectivity index is 1.64. The zero-order chi connectivity index (χ0) is 26.5. The van der Waals surface area contributed by atoms with Crippen LogP contribution in [-0.2, 0) is 9.53 Å². The molecule has 37 heavy (non-hydrogen) atoms. The third kappa shape index (κ3) is 5.48. The summed E-state index contributed by atoms with van der Waals surface area (Å²) in [6, 6.07) is 9.62. The summed E-state index contributed by atoms with van der Waals surface area (Å²) in [4.78, 5) is 44.9. The van der Waals surface area contributed by atoms with Gasteiger partial charge in [0.15, 0.2) is 5.76 Å². The predicted molar refractivity (Wildman–Crippen MR) is 136 cm³/mol. The van der Waals surface area contributed by atoms with E-state index in [1.807, 2.05) is 26.0 Å². The van der Waals surface area contributed by atoms with Gasteiger partial charge in [0.1, 0.15) is 5.75 Å². The molecule has 10 heteroatoms. The highest BCUT2D eigenvalue weighted by molar-refractivity contribution is 5.95. The Hall–Kier alpha value is -3.79. The third-order valence-corrected chi connectivity index (χ3v) is 6.78. The average Bonchev–Trinajstić information content (AvgIpc) is 3.44. The van der Waals surface area contributed by atoms with Crippen LogP contribution in [0.25, 0.3) is 0 Å². The van der Waals surface area contributed by atoms with Crippen molar-refractivity contribution in [2.24, 2.45) is 0 Å². The van der Waals surface area contributed by atoms with Crippen LogP contribution >= 0.6 is 0 Å². The predicted octanol–water partition coefficient (Wildman–Crippen LogP) is 3.04. The molecule has 0 saturated carbocycles. The Kier molecular flexibility index (Phi) is 8.17. The second-order valence-electron chi connectivity index (χ2n) is 9.04. The van der Waals surface area contributed by atoms with Crippen molar-refractivity contribution in [1.29, 1.82) is 0 Å². The van der Waals surface area contributed by atoms with Crippen LogP contribution in [0, 0.1) is 0 Å². The van der Waals surface area contributed by atoms with Gasteiger partial charge in [-0.15, -0.1) is 0 Å². The highest BCUT2D eigenvalue weighted by atomic mass is 16.5. The van der Waals surface area contributed by atoms with Crippen molar-refractivity contribution in [3.8, 4) is 5.75 Å². The van der Waals surface area contributed by atoms with Gasteiger partial charge in [-0.2, -0.15) is 0 Å². The molecule has 0 spiro atoms. The van der Waals surface area contributed by atoms with Gasteiger partial charge >= 0.3 is 12.0 Å². The zero-order valence-electron chi connectivity index (χ0n) is 21.7. The van der Waals surface area contributed by atoms with Gasteiger partial charge in [-0.1, -0.05) is 12.1 Å². The van der Waals surface area contributed by atoms with Gasteiger partial charge in [-0.25, -0.2) is 9.59 Å². The molecule has 1 N–H and O–H groups in total. The van der Waals surface area contributed by atoms with Crippen molar-refractivity contribution in [1.82, 2.24) is 20.0 Å². The van der Waals surface area contributed by atoms with Gasteiger partial charge in [0.05, 0.1) is 31.6 Å². The fourth-order valence-corrected chi connectivity index (χ4v) is 4.94. The molecule has 3 amide bonds. The first-order valence-electron chi connectivity index (χ1n) is 12.6. The molecule has 0 unspecified atom stereocenters. The molecule has 0 bridgehead atoms. The summed E-state index contributed by atoms with van der Waals surface area (Å²) in [6.45, 7) is 8.27. The first kappa shape index (κ1) is 26.3. The number of piperazine rings is 1. The molecule has 2 aliphatic heterocycles. The van der Waals surface area contributed by atoms with E-state index in [1.54, 1.807) is 48.1 Å². The molecule has 2 aliphatic rings. The molecule has 0 aliphatic carbocycles. The Bertz CT molecular complexity index is 1140. The second kappa shape index (κ2) is 11.5. The first-order valence-corrected chi connectivity index (χ1v) is 12.6. The quantitative estimate of drug-likeness (QED) is 0.545. The van der Waals surface area contributed by atoms with Crippen molar-refractivity contribution in [2.75, 3.05) is 46.4 Å². The van der Waals surface area contributed by atoms with Gasteiger partial charge in [0, 0.05) is 44.5 Å². The molecule has 2 aromatic rings. The number of likely N-dealkylation sites (N-methyl/N-ethyl adjacent to an activating group) is 1. The summed E-state index contributed by atoms with van der Waals surface area (Å²) in [7, 11) is 1.58. The van der Waals surface area contributed by atoms with E-state index in [1.165, 1.54) is 6.26 Å². The highest BCUT2D eigenvalue weighted by Crippen LogP contribution is 2.33. The van der Waals surface area contributed by atoms with E-state index >= 15 is 0 Å². The van der Waals surface area contributed by atoms with Gasteiger partial charge in [-0.05, 0) is 50.6 Å². The summed E-state index contributed by atoms with van der Waals surface area (Å²) in [5.74, 6) is 0.391. The van der Waals surface area contributed by atoms with Gasteiger partial charge in [0.2, 0.25) is 0 Å². The van der Waals surface area contributed by atoms with Crippen molar-refractivity contribution < 1.29 is 28.3 Å². The van der Waals surface area contributed by atoms with Crippen LogP contribution in [0.4, 0.5) is 4.79 Å².